The molecule has 4 aromatic heterocycles. The summed E-state index contributed by atoms with van der Waals surface area (Å²) in [7, 11) is 0. The van der Waals surface area contributed by atoms with E-state index in [0.717, 1.165) is 16.5 Å². The number of rotatable bonds is 4. The van der Waals surface area contributed by atoms with Crippen LogP contribution in [-0.2, 0) is 6.54 Å². The fourth-order valence-corrected chi connectivity index (χ4v) is 3.03. The van der Waals surface area contributed by atoms with Gasteiger partial charge in [-0.2, -0.15) is 0 Å². The van der Waals surface area contributed by atoms with Crippen molar-refractivity contribution in [3.05, 3.63) is 72.2 Å². The highest BCUT2D eigenvalue weighted by atomic mass is 15.5. The lowest BCUT2D eigenvalue weighted by Crippen LogP contribution is -2.04. The summed E-state index contributed by atoms with van der Waals surface area (Å²) < 4.78 is 1.72. The Kier molecular flexibility index (Phi) is 4.03. The minimum absolute atomic E-state index is 0.475. The van der Waals surface area contributed by atoms with Gasteiger partial charge >= 0.3 is 0 Å². The first-order valence-electron chi connectivity index (χ1n) is 8.89. The zero-order chi connectivity index (χ0) is 19.6. The van der Waals surface area contributed by atoms with Crippen molar-refractivity contribution in [3.8, 4) is 12.3 Å². The molecule has 0 unspecified atom stereocenters. The number of nitrogens with zero attached hydrogens (tertiary/aromatic N) is 7. The summed E-state index contributed by atoms with van der Waals surface area (Å²) in [6, 6.07) is 15.5. The molecule has 8 nitrogen and oxygen atoms in total. The normalized spacial score (nSPS) is 10.9. The van der Waals surface area contributed by atoms with Gasteiger partial charge in [-0.25, -0.2) is 19.6 Å². The second kappa shape index (κ2) is 6.98. The monoisotopic (exact) mass is 378 g/mol. The van der Waals surface area contributed by atoms with Crippen LogP contribution in [0, 0.1) is 12.3 Å². The van der Waals surface area contributed by atoms with Crippen molar-refractivity contribution in [1.29, 1.82) is 0 Å². The molecule has 0 fully saturated rings. The van der Waals surface area contributed by atoms with Crippen molar-refractivity contribution < 1.29 is 0 Å². The molecule has 5 rings (SSSR count). The maximum absolute atomic E-state index is 5.41. The topological polar surface area (TPSA) is 94.3 Å². The summed E-state index contributed by atoms with van der Waals surface area (Å²) in [5, 5.41) is 12.5. The van der Waals surface area contributed by atoms with E-state index in [1.54, 1.807) is 23.1 Å². The van der Waals surface area contributed by atoms with Crippen molar-refractivity contribution in [1.82, 2.24) is 34.9 Å². The van der Waals surface area contributed by atoms with E-state index in [0.29, 0.717) is 35.2 Å². The van der Waals surface area contributed by atoms with Crippen LogP contribution >= 0.6 is 0 Å². The first-order valence-corrected chi connectivity index (χ1v) is 8.89. The molecule has 1 N–H and O–H groups in total. The lowest BCUT2D eigenvalue weighted by molar-refractivity contribution is 0.664. The number of nitrogens with one attached hydrogen (secondary N) is 1. The van der Waals surface area contributed by atoms with Gasteiger partial charge in [-0.3, -0.25) is 4.98 Å². The summed E-state index contributed by atoms with van der Waals surface area (Å²) in [5.41, 5.74) is 3.62. The zero-order valence-electron chi connectivity index (χ0n) is 15.2. The average Bonchev–Trinajstić information content (AvgIpc) is 3.16. The SMILES string of the molecule is C#Cc1cccc(Nc2cnc3nnn(Cc4ccc5ncccc5c4)c3n2)n1. The molecule has 138 valence electrons. The molecule has 4 heterocycles. The molecule has 0 aliphatic carbocycles. The van der Waals surface area contributed by atoms with Gasteiger partial charge in [-0.15, -0.1) is 11.5 Å². The quantitative estimate of drug-likeness (QED) is 0.481. The molecule has 0 atom stereocenters. The highest BCUT2D eigenvalue weighted by molar-refractivity contribution is 5.79. The van der Waals surface area contributed by atoms with Crippen molar-refractivity contribution in [2.45, 2.75) is 6.54 Å². The van der Waals surface area contributed by atoms with E-state index in [-0.39, 0.29) is 0 Å². The third kappa shape index (κ3) is 3.33. The smallest absolute Gasteiger partial charge is 0.221 e. The molecule has 0 amide bonds. The largest absolute Gasteiger partial charge is 0.324 e. The standard InChI is InChI=1S/C21H14N8/c1-2-16-6-3-7-18(24-16)25-19-12-23-20-21(26-19)29(28-27-20)13-14-8-9-17-15(11-14)5-4-10-22-17/h1,3-12H,13H2,(H,24,25,26). The van der Waals surface area contributed by atoms with Crippen molar-refractivity contribution in [2.24, 2.45) is 0 Å². The molecule has 0 spiro atoms. The van der Waals surface area contributed by atoms with Crippen LogP contribution in [0.25, 0.3) is 22.2 Å². The highest BCUT2D eigenvalue weighted by Crippen LogP contribution is 2.17. The van der Waals surface area contributed by atoms with Crippen LogP contribution in [0.15, 0.2) is 60.9 Å². The summed E-state index contributed by atoms with van der Waals surface area (Å²) in [4.78, 5) is 17.6. The minimum Gasteiger partial charge on any atom is -0.324 e. The van der Waals surface area contributed by atoms with Gasteiger partial charge < -0.3 is 5.32 Å². The summed E-state index contributed by atoms with van der Waals surface area (Å²) in [5.74, 6) is 3.64. The maximum Gasteiger partial charge on any atom is 0.221 e. The number of fused-ring (bicyclic) bond motifs is 2. The third-order valence-corrected chi connectivity index (χ3v) is 4.38. The molecule has 0 saturated carbocycles. The number of hydrogen-bond acceptors (Lipinski definition) is 7. The van der Waals surface area contributed by atoms with Crippen LogP contribution in [-0.4, -0.2) is 34.9 Å². The Bertz CT molecular complexity index is 1380. The fraction of sp³-hybridized carbons (Fsp3) is 0.0476. The molecule has 5 aromatic rings. The predicted molar refractivity (Wildman–Crippen MR) is 109 cm³/mol. The van der Waals surface area contributed by atoms with Crippen LogP contribution in [0.4, 0.5) is 11.6 Å². The lowest BCUT2D eigenvalue weighted by atomic mass is 10.1. The molecule has 0 aliphatic heterocycles. The van der Waals surface area contributed by atoms with Gasteiger partial charge in [0.1, 0.15) is 11.5 Å². The molecule has 0 radical (unpaired) electrons. The number of terminal acetylenes is 1. The Morgan fingerprint density at radius 2 is 1.97 bits per heavy atom. The van der Waals surface area contributed by atoms with E-state index >= 15 is 0 Å². The summed E-state index contributed by atoms with van der Waals surface area (Å²) in [6.07, 6.45) is 8.78. The third-order valence-electron chi connectivity index (χ3n) is 4.38. The minimum atomic E-state index is 0.475. The van der Waals surface area contributed by atoms with Crippen molar-refractivity contribution in [3.63, 3.8) is 0 Å². The maximum atomic E-state index is 5.41. The molecular formula is C21H14N8. The second-order valence-corrected chi connectivity index (χ2v) is 6.36. The van der Waals surface area contributed by atoms with E-state index in [9.17, 15) is 0 Å². The molecule has 29 heavy (non-hydrogen) atoms. The van der Waals surface area contributed by atoms with Crippen LogP contribution < -0.4 is 5.32 Å². The Morgan fingerprint density at radius 3 is 2.90 bits per heavy atom. The van der Waals surface area contributed by atoms with Gasteiger partial charge in [0.05, 0.1) is 18.3 Å². The van der Waals surface area contributed by atoms with Crippen molar-refractivity contribution >= 4 is 33.8 Å². The molecule has 1 aromatic carbocycles. The molecule has 0 saturated heterocycles. The Hall–Kier alpha value is -4.38. The summed E-state index contributed by atoms with van der Waals surface area (Å²) in [6.45, 7) is 0.518. The Labute approximate surface area is 165 Å². The average molecular weight is 378 g/mol. The van der Waals surface area contributed by atoms with Gasteiger partial charge in [0, 0.05) is 11.6 Å². The van der Waals surface area contributed by atoms with Gasteiger partial charge in [0.25, 0.3) is 0 Å². The zero-order valence-corrected chi connectivity index (χ0v) is 15.2. The first-order chi connectivity index (χ1) is 14.3. The van der Waals surface area contributed by atoms with Crippen LogP contribution in [0.3, 0.4) is 0 Å². The van der Waals surface area contributed by atoms with E-state index < -0.39 is 0 Å². The van der Waals surface area contributed by atoms with Crippen LogP contribution in [0.2, 0.25) is 0 Å². The number of anilines is 2. The molecule has 0 aliphatic rings. The highest BCUT2D eigenvalue weighted by Gasteiger charge is 2.10. The Balaban J connectivity index is 1.46. The van der Waals surface area contributed by atoms with E-state index in [1.165, 1.54) is 0 Å². The lowest BCUT2D eigenvalue weighted by Gasteiger charge is -2.06. The van der Waals surface area contributed by atoms with Gasteiger partial charge in [-0.1, -0.05) is 29.3 Å². The van der Waals surface area contributed by atoms with Crippen molar-refractivity contribution in [2.75, 3.05) is 5.32 Å². The molecule has 8 heteroatoms. The van der Waals surface area contributed by atoms with Gasteiger partial charge in [0.15, 0.2) is 11.5 Å². The van der Waals surface area contributed by atoms with Gasteiger partial charge in [0.2, 0.25) is 5.65 Å². The van der Waals surface area contributed by atoms with Crippen LogP contribution in [0.1, 0.15) is 11.3 Å². The fourth-order valence-electron chi connectivity index (χ4n) is 3.03. The number of benzene rings is 1. The number of hydrogen-bond donors (Lipinski definition) is 1. The predicted octanol–water partition coefficient (Wildman–Crippen LogP) is 2.94. The first kappa shape index (κ1) is 16.8. The second-order valence-electron chi connectivity index (χ2n) is 6.36. The van der Waals surface area contributed by atoms with Crippen LogP contribution in [0.5, 0.6) is 0 Å². The Morgan fingerprint density at radius 1 is 1.00 bits per heavy atom. The van der Waals surface area contributed by atoms with E-state index in [2.05, 4.69) is 47.6 Å². The molecular weight excluding hydrogens is 364 g/mol. The summed E-state index contributed by atoms with van der Waals surface area (Å²) >= 11 is 0. The van der Waals surface area contributed by atoms with E-state index in [4.69, 9.17) is 6.42 Å². The van der Waals surface area contributed by atoms with E-state index in [1.807, 2.05) is 36.4 Å². The number of pyridine rings is 2. The number of aromatic nitrogens is 7. The molecule has 0 bridgehead atoms. The van der Waals surface area contributed by atoms with Gasteiger partial charge in [-0.05, 0) is 35.9 Å².